The summed E-state index contributed by atoms with van der Waals surface area (Å²) in [4.78, 5) is 0. The van der Waals surface area contributed by atoms with Gasteiger partial charge in [-0.05, 0) is 36.4 Å². The van der Waals surface area contributed by atoms with Crippen molar-refractivity contribution in [1.82, 2.24) is 0 Å². The van der Waals surface area contributed by atoms with Gasteiger partial charge in [-0.3, -0.25) is 0 Å². The summed E-state index contributed by atoms with van der Waals surface area (Å²) in [5.41, 5.74) is -4.91. The van der Waals surface area contributed by atoms with Gasteiger partial charge >= 0.3 is 12.4 Å². The summed E-state index contributed by atoms with van der Waals surface area (Å²) >= 11 is 11.6. The smallest absolute Gasteiger partial charge is 0.360 e. The lowest BCUT2D eigenvalue weighted by molar-refractivity contribution is -0.138. The van der Waals surface area contributed by atoms with Crippen LogP contribution in [-0.4, -0.2) is 0 Å². The van der Waals surface area contributed by atoms with Gasteiger partial charge in [0.05, 0.1) is 38.1 Å². The molecule has 0 aliphatic rings. The maximum atomic E-state index is 14.5. The first-order valence-electron chi connectivity index (χ1n) is 9.30. The fourth-order valence-electron chi connectivity index (χ4n) is 2.98. The standard InChI is InChI=1S/C21H9Cl2F11N2/c22-9-5-7(20(29,30)31)1-3-11(9)35-19(13-14(24)16(26)18(28)17(27)15(13)25)36-12-4-2-8(6-10(12)23)21(32,33)34/h1-6,19,35-36H. The van der Waals surface area contributed by atoms with E-state index in [0.717, 1.165) is 0 Å². The highest BCUT2D eigenvalue weighted by Gasteiger charge is 2.34. The molecule has 0 atom stereocenters. The Balaban J connectivity index is 2.13. The van der Waals surface area contributed by atoms with Crippen LogP contribution in [-0.2, 0) is 12.4 Å². The average molecular weight is 569 g/mol. The second-order valence-corrected chi connectivity index (χ2v) is 7.90. The minimum atomic E-state index is -4.82. The molecule has 0 saturated heterocycles. The molecule has 0 heterocycles. The van der Waals surface area contributed by atoms with E-state index in [0.29, 0.717) is 36.4 Å². The van der Waals surface area contributed by atoms with Crippen molar-refractivity contribution in [2.24, 2.45) is 0 Å². The van der Waals surface area contributed by atoms with Gasteiger partial charge < -0.3 is 10.6 Å². The zero-order chi connectivity index (χ0) is 27.2. The molecule has 15 heteroatoms. The van der Waals surface area contributed by atoms with Crippen LogP contribution in [0.4, 0.5) is 59.7 Å². The van der Waals surface area contributed by atoms with Crippen LogP contribution >= 0.6 is 23.2 Å². The minimum absolute atomic E-state index is 0.421. The number of anilines is 2. The molecule has 0 saturated carbocycles. The number of benzene rings is 3. The Labute approximate surface area is 204 Å². The van der Waals surface area contributed by atoms with Gasteiger partial charge in [0.2, 0.25) is 5.82 Å². The fraction of sp³-hybridized carbons (Fsp3) is 0.143. The summed E-state index contributed by atoms with van der Waals surface area (Å²) in [6.07, 6.45) is -11.8. The normalized spacial score (nSPS) is 12.3. The van der Waals surface area contributed by atoms with Crippen LogP contribution in [0.1, 0.15) is 22.9 Å². The Morgan fingerprint density at radius 3 is 1.19 bits per heavy atom. The SMILES string of the molecule is Fc1c(F)c(F)c(C(Nc2ccc(C(F)(F)F)cc2Cl)Nc2ccc(C(F)(F)F)cc2Cl)c(F)c1F. The van der Waals surface area contributed by atoms with Crippen molar-refractivity contribution in [2.45, 2.75) is 18.5 Å². The van der Waals surface area contributed by atoms with Crippen molar-refractivity contribution < 1.29 is 48.3 Å². The molecule has 3 aromatic rings. The van der Waals surface area contributed by atoms with Gasteiger partial charge in [0.25, 0.3) is 0 Å². The third-order valence-electron chi connectivity index (χ3n) is 4.72. The van der Waals surface area contributed by atoms with Gasteiger partial charge in [-0.2, -0.15) is 26.3 Å². The van der Waals surface area contributed by atoms with Crippen LogP contribution in [0.5, 0.6) is 0 Å². The summed E-state index contributed by atoms with van der Waals surface area (Å²) in [5.74, 6) is -11.9. The highest BCUT2D eigenvalue weighted by molar-refractivity contribution is 6.33. The Hall–Kier alpha value is -2.93. The van der Waals surface area contributed by atoms with Crippen molar-refractivity contribution in [1.29, 1.82) is 0 Å². The molecule has 36 heavy (non-hydrogen) atoms. The maximum absolute atomic E-state index is 14.5. The Kier molecular flexibility index (Phi) is 7.56. The molecule has 0 unspecified atom stereocenters. The van der Waals surface area contributed by atoms with Crippen LogP contribution < -0.4 is 10.6 Å². The zero-order valence-electron chi connectivity index (χ0n) is 17.0. The van der Waals surface area contributed by atoms with Crippen molar-refractivity contribution in [3.05, 3.63) is 92.2 Å². The van der Waals surface area contributed by atoms with E-state index in [2.05, 4.69) is 10.6 Å². The van der Waals surface area contributed by atoms with E-state index in [1.807, 2.05) is 0 Å². The number of alkyl halides is 6. The lowest BCUT2D eigenvalue weighted by atomic mass is 10.1. The Morgan fingerprint density at radius 1 is 0.556 bits per heavy atom. The molecule has 0 aliphatic heterocycles. The third-order valence-corrected chi connectivity index (χ3v) is 5.35. The van der Waals surface area contributed by atoms with Crippen molar-refractivity contribution in [3.63, 3.8) is 0 Å². The predicted molar refractivity (Wildman–Crippen MR) is 109 cm³/mol. The highest BCUT2D eigenvalue weighted by Crippen LogP contribution is 2.39. The Bertz CT molecular complexity index is 1210. The molecule has 0 bridgehead atoms. The quantitative estimate of drug-likeness (QED) is 0.139. The molecule has 3 aromatic carbocycles. The van der Waals surface area contributed by atoms with Gasteiger partial charge in [-0.15, -0.1) is 0 Å². The Morgan fingerprint density at radius 2 is 0.889 bits per heavy atom. The van der Waals surface area contributed by atoms with Gasteiger partial charge in [-0.1, -0.05) is 23.2 Å². The van der Waals surface area contributed by atoms with Crippen molar-refractivity contribution in [2.75, 3.05) is 10.6 Å². The van der Waals surface area contributed by atoms with Gasteiger partial charge in [0.1, 0.15) is 6.17 Å². The summed E-state index contributed by atoms with van der Waals surface area (Å²) in [7, 11) is 0. The second kappa shape index (κ2) is 9.85. The summed E-state index contributed by atoms with van der Waals surface area (Å²) in [5, 5.41) is 3.05. The minimum Gasteiger partial charge on any atom is -0.360 e. The lowest BCUT2D eigenvalue weighted by Gasteiger charge is -2.25. The topological polar surface area (TPSA) is 24.1 Å². The van der Waals surface area contributed by atoms with Crippen LogP contribution in [0.25, 0.3) is 0 Å². The third kappa shape index (κ3) is 5.56. The summed E-state index contributed by atoms with van der Waals surface area (Å²) in [6, 6.07) is 3.28. The number of halogens is 13. The van der Waals surface area contributed by atoms with Crippen LogP contribution in [0.2, 0.25) is 10.0 Å². The molecule has 194 valence electrons. The van der Waals surface area contributed by atoms with Crippen molar-refractivity contribution in [3.8, 4) is 0 Å². The first-order chi connectivity index (χ1) is 16.5. The molecular formula is C21H9Cl2F11N2. The fourth-order valence-corrected chi connectivity index (χ4v) is 3.45. The van der Waals surface area contributed by atoms with Gasteiger partial charge in [0.15, 0.2) is 23.3 Å². The number of rotatable bonds is 5. The largest absolute Gasteiger partial charge is 0.416 e. The van der Waals surface area contributed by atoms with E-state index in [9.17, 15) is 48.3 Å². The van der Waals surface area contributed by atoms with E-state index < -0.39 is 85.7 Å². The monoisotopic (exact) mass is 568 g/mol. The van der Waals surface area contributed by atoms with Crippen LogP contribution in [0.15, 0.2) is 36.4 Å². The van der Waals surface area contributed by atoms with E-state index in [1.54, 1.807) is 0 Å². The zero-order valence-corrected chi connectivity index (χ0v) is 18.5. The molecule has 2 N–H and O–H groups in total. The predicted octanol–water partition coefficient (Wildman–Crippen LogP) is 8.95. The van der Waals surface area contributed by atoms with Crippen LogP contribution in [0, 0.1) is 29.1 Å². The average Bonchev–Trinajstić information content (AvgIpc) is 2.77. The second-order valence-electron chi connectivity index (χ2n) is 7.09. The number of hydrogen-bond donors (Lipinski definition) is 2. The van der Waals surface area contributed by atoms with E-state index in [-0.39, 0.29) is 0 Å². The molecule has 0 amide bonds. The molecule has 3 rings (SSSR count). The first kappa shape index (κ1) is 27.7. The number of nitrogens with one attached hydrogen (secondary N) is 2. The van der Waals surface area contributed by atoms with E-state index in [4.69, 9.17) is 23.2 Å². The molecule has 0 aromatic heterocycles. The van der Waals surface area contributed by atoms with Gasteiger partial charge in [0, 0.05) is 0 Å². The van der Waals surface area contributed by atoms with Crippen LogP contribution in [0.3, 0.4) is 0 Å². The molecule has 0 aliphatic carbocycles. The molecule has 0 spiro atoms. The van der Waals surface area contributed by atoms with Crippen molar-refractivity contribution >= 4 is 34.6 Å². The summed E-state index contributed by atoms with van der Waals surface area (Å²) < 4.78 is 148. The lowest BCUT2D eigenvalue weighted by Crippen LogP contribution is -2.25. The summed E-state index contributed by atoms with van der Waals surface area (Å²) in [6.45, 7) is 0. The molecule has 0 radical (unpaired) electrons. The van der Waals surface area contributed by atoms with Gasteiger partial charge in [-0.25, -0.2) is 22.0 Å². The first-order valence-corrected chi connectivity index (χ1v) is 10.1. The highest BCUT2D eigenvalue weighted by atomic mass is 35.5. The molecule has 0 fully saturated rings. The molecular weight excluding hydrogens is 560 g/mol. The maximum Gasteiger partial charge on any atom is 0.416 e. The van der Waals surface area contributed by atoms with E-state index in [1.165, 1.54) is 0 Å². The van der Waals surface area contributed by atoms with E-state index >= 15 is 0 Å². The molecule has 2 nitrogen and oxygen atoms in total. The number of hydrogen-bond acceptors (Lipinski definition) is 2.